The van der Waals surface area contributed by atoms with Gasteiger partial charge in [0.25, 0.3) is 5.91 Å². The Hall–Kier alpha value is -5.07. The molecule has 0 atom stereocenters. The molecule has 0 unspecified atom stereocenters. The van der Waals surface area contributed by atoms with Gasteiger partial charge in [-0.2, -0.15) is 13.2 Å². The van der Waals surface area contributed by atoms with Gasteiger partial charge in [-0.05, 0) is 68.1 Å². The summed E-state index contributed by atoms with van der Waals surface area (Å²) in [6.07, 6.45) is -0.371. The Labute approximate surface area is 258 Å². The predicted molar refractivity (Wildman–Crippen MR) is 167 cm³/mol. The van der Waals surface area contributed by atoms with E-state index in [0.29, 0.717) is 58.2 Å². The van der Waals surface area contributed by atoms with Gasteiger partial charge in [0.1, 0.15) is 12.1 Å². The first-order chi connectivity index (χ1) is 21.5. The van der Waals surface area contributed by atoms with E-state index in [1.54, 1.807) is 31.2 Å². The molecule has 0 saturated carbocycles. The highest BCUT2D eigenvalue weighted by atomic mass is 19.4. The van der Waals surface area contributed by atoms with E-state index in [1.165, 1.54) is 44.6 Å². The van der Waals surface area contributed by atoms with E-state index in [4.69, 9.17) is 9.47 Å². The molecule has 2 heterocycles. The molecule has 236 valence electrons. The number of hydrogen-bond acceptors (Lipinski definition) is 7. The van der Waals surface area contributed by atoms with Crippen LogP contribution in [0.3, 0.4) is 0 Å². The van der Waals surface area contributed by atoms with E-state index < -0.39 is 23.7 Å². The summed E-state index contributed by atoms with van der Waals surface area (Å²) in [6.45, 7) is 3.13. The summed E-state index contributed by atoms with van der Waals surface area (Å²) in [5.74, 6) is 0.605. The van der Waals surface area contributed by atoms with Crippen molar-refractivity contribution in [3.63, 3.8) is 0 Å². The highest BCUT2D eigenvalue weighted by molar-refractivity contribution is 6.09. The number of carbonyl (C=O) groups is 2. The van der Waals surface area contributed by atoms with Crippen molar-refractivity contribution in [1.82, 2.24) is 9.97 Å². The van der Waals surface area contributed by atoms with Crippen molar-refractivity contribution >= 4 is 45.7 Å². The van der Waals surface area contributed by atoms with Gasteiger partial charge in [-0.15, -0.1) is 0 Å². The fraction of sp³-hybridized carbons (Fsp3) is 0.312. The van der Waals surface area contributed by atoms with Gasteiger partial charge in [0.15, 0.2) is 11.5 Å². The van der Waals surface area contributed by atoms with Gasteiger partial charge in [-0.1, -0.05) is 6.07 Å². The number of hydrogen-bond donors (Lipinski definition) is 2. The Balaban J connectivity index is 1.40. The monoisotopic (exact) mass is 622 g/mol. The number of anilines is 4. The van der Waals surface area contributed by atoms with Gasteiger partial charge in [0.05, 0.1) is 36.7 Å². The zero-order valence-electron chi connectivity index (χ0n) is 25.3. The van der Waals surface area contributed by atoms with Gasteiger partial charge >= 0.3 is 12.2 Å². The van der Waals surface area contributed by atoms with Crippen LogP contribution in [0, 0.1) is 6.92 Å². The van der Waals surface area contributed by atoms with E-state index in [-0.39, 0.29) is 11.3 Å². The average Bonchev–Trinajstić information content (AvgIpc) is 3.04. The molecule has 3 aromatic carbocycles. The molecule has 1 aliphatic heterocycles. The first kappa shape index (κ1) is 31.4. The van der Waals surface area contributed by atoms with E-state index in [2.05, 4.69) is 20.6 Å². The molecule has 0 radical (unpaired) electrons. The molecule has 13 heteroatoms. The summed E-state index contributed by atoms with van der Waals surface area (Å²) in [5, 5.41) is 6.04. The molecule has 1 aliphatic rings. The Bertz CT molecular complexity index is 1740. The maximum absolute atomic E-state index is 13.6. The van der Waals surface area contributed by atoms with Crippen molar-refractivity contribution in [2.24, 2.45) is 0 Å². The summed E-state index contributed by atoms with van der Waals surface area (Å²) in [6, 6.07) is 10.9. The number of methoxy groups -OCH3 is 2. The van der Waals surface area contributed by atoms with Crippen LogP contribution in [0.15, 0.2) is 54.9 Å². The van der Waals surface area contributed by atoms with Crippen LogP contribution in [0.25, 0.3) is 10.9 Å². The molecule has 2 N–H and O–H groups in total. The highest BCUT2D eigenvalue weighted by Gasteiger charge is 2.32. The minimum Gasteiger partial charge on any atom is -0.493 e. The third-order valence-electron chi connectivity index (χ3n) is 7.75. The molecule has 0 aliphatic carbocycles. The molecule has 0 spiro atoms. The van der Waals surface area contributed by atoms with E-state index >= 15 is 0 Å². The topological polar surface area (TPSA) is 109 Å². The van der Waals surface area contributed by atoms with Crippen molar-refractivity contribution in [2.75, 3.05) is 54.8 Å². The molecule has 1 aromatic heterocycles. The number of benzene rings is 3. The predicted octanol–water partition coefficient (Wildman–Crippen LogP) is 6.89. The van der Waals surface area contributed by atoms with E-state index in [0.717, 1.165) is 31.4 Å². The average molecular weight is 623 g/mol. The summed E-state index contributed by atoms with van der Waals surface area (Å²) in [7, 11) is 4.54. The van der Waals surface area contributed by atoms with Crippen LogP contribution in [0.1, 0.15) is 40.7 Å². The van der Waals surface area contributed by atoms with Gasteiger partial charge in [0, 0.05) is 42.8 Å². The third kappa shape index (κ3) is 6.71. The largest absolute Gasteiger partial charge is 0.493 e. The number of aromatic nitrogens is 2. The fourth-order valence-electron chi connectivity index (χ4n) is 5.25. The lowest BCUT2D eigenvalue weighted by molar-refractivity contribution is -0.137. The first-order valence-electron chi connectivity index (χ1n) is 14.3. The number of rotatable bonds is 7. The van der Waals surface area contributed by atoms with Crippen LogP contribution in [-0.2, 0) is 6.18 Å². The van der Waals surface area contributed by atoms with Crippen LogP contribution in [0.2, 0.25) is 0 Å². The van der Waals surface area contributed by atoms with Gasteiger partial charge in [-0.3, -0.25) is 9.69 Å². The molecule has 1 saturated heterocycles. The first-order valence-corrected chi connectivity index (χ1v) is 14.3. The van der Waals surface area contributed by atoms with Gasteiger partial charge in [0.2, 0.25) is 0 Å². The number of urea groups is 1. The SMILES string of the molecule is COc1cc2ncnc(N(C)C(=O)Nc3cc(C(=O)Nc4cc(C(F)(F)F)ccc4N4CCCCC4)ccc3C)c2cc1OC. The molecule has 10 nitrogen and oxygen atoms in total. The lowest BCUT2D eigenvalue weighted by Gasteiger charge is -2.31. The minimum atomic E-state index is -4.57. The van der Waals surface area contributed by atoms with Crippen LogP contribution in [-0.4, -0.2) is 56.3 Å². The number of fused-ring (bicyclic) bond motifs is 1. The van der Waals surface area contributed by atoms with E-state index in [9.17, 15) is 22.8 Å². The number of aryl methyl sites for hydroxylation is 1. The standard InChI is InChI=1S/C32H33F3N6O4/c1-19-8-9-20(30(42)38-25-15-21(32(33,34)35)10-11-26(25)41-12-6-5-7-13-41)14-23(19)39-31(43)40(2)29-22-16-27(44-3)28(45-4)17-24(22)36-18-37-29/h8-11,14-18H,5-7,12-13H2,1-4H3,(H,38,42)(H,39,43). The molecule has 5 rings (SSSR count). The van der Waals surface area contributed by atoms with Gasteiger partial charge in [-0.25, -0.2) is 14.8 Å². The van der Waals surface area contributed by atoms with Gasteiger partial charge < -0.3 is 25.0 Å². The molecule has 1 fully saturated rings. The lowest BCUT2D eigenvalue weighted by Crippen LogP contribution is -2.32. The Morgan fingerprint density at radius 3 is 2.29 bits per heavy atom. The number of halogens is 3. The second-order valence-electron chi connectivity index (χ2n) is 10.7. The number of alkyl halides is 3. The minimum absolute atomic E-state index is 0.0744. The Morgan fingerprint density at radius 2 is 1.60 bits per heavy atom. The van der Waals surface area contributed by atoms with Crippen molar-refractivity contribution in [3.8, 4) is 11.5 Å². The molecule has 0 bridgehead atoms. The third-order valence-corrected chi connectivity index (χ3v) is 7.75. The fourth-order valence-corrected chi connectivity index (χ4v) is 5.25. The van der Waals surface area contributed by atoms with Crippen LogP contribution >= 0.6 is 0 Å². The van der Waals surface area contributed by atoms with Crippen LogP contribution in [0.4, 0.5) is 40.8 Å². The number of nitrogens with one attached hydrogen (secondary N) is 2. The van der Waals surface area contributed by atoms with Crippen LogP contribution < -0.4 is 29.9 Å². The molecular weight excluding hydrogens is 589 g/mol. The highest BCUT2D eigenvalue weighted by Crippen LogP contribution is 2.37. The molecular formula is C32H33F3N6O4. The second kappa shape index (κ2) is 12.9. The lowest BCUT2D eigenvalue weighted by atomic mass is 10.1. The second-order valence-corrected chi connectivity index (χ2v) is 10.7. The molecule has 3 amide bonds. The van der Waals surface area contributed by atoms with E-state index in [1.807, 2.05) is 4.90 Å². The number of amides is 3. The van der Waals surface area contributed by atoms with Crippen LogP contribution in [0.5, 0.6) is 11.5 Å². The maximum Gasteiger partial charge on any atom is 0.416 e. The summed E-state index contributed by atoms with van der Waals surface area (Å²) in [5.41, 5.74) is 1.45. The normalized spacial score (nSPS) is 13.4. The summed E-state index contributed by atoms with van der Waals surface area (Å²) >= 11 is 0. The Morgan fingerprint density at radius 1 is 0.889 bits per heavy atom. The zero-order chi connectivity index (χ0) is 32.3. The van der Waals surface area contributed by atoms with Crippen molar-refractivity contribution in [2.45, 2.75) is 32.4 Å². The van der Waals surface area contributed by atoms with Crippen molar-refractivity contribution in [1.29, 1.82) is 0 Å². The smallest absolute Gasteiger partial charge is 0.416 e. The van der Waals surface area contributed by atoms with Crippen molar-refractivity contribution < 1.29 is 32.2 Å². The Kier molecular flexibility index (Phi) is 8.98. The zero-order valence-corrected chi connectivity index (χ0v) is 25.3. The number of nitrogens with zero attached hydrogens (tertiary/aromatic N) is 4. The molecule has 45 heavy (non-hydrogen) atoms. The summed E-state index contributed by atoms with van der Waals surface area (Å²) in [4.78, 5) is 38.6. The van der Waals surface area contributed by atoms with Crippen molar-refractivity contribution in [3.05, 3.63) is 71.5 Å². The summed E-state index contributed by atoms with van der Waals surface area (Å²) < 4.78 is 51.5. The number of piperidine rings is 1. The number of ether oxygens (including phenoxy) is 2. The molecule has 4 aromatic rings. The quantitative estimate of drug-likeness (QED) is 0.231. The number of carbonyl (C=O) groups excluding carboxylic acids is 2. The maximum atomic E-state index is 13.6.